The molecular formula is C9H9ClN2OS. The summed E-state index contributed by atoms with van der Waals surface area (Å²) in [4.78, 5) is 0.880. The van der Waals surface area contributed by atoms with Gasteiger partial charge in [0.15, 0.2) is 0 Å². The second kappa shape index (κ2) is 3.82. The van der Waals surface area contributed by atoms with E-state index in [1.165, 1.54) is 11.5 Å². The van der Waals surface area contributed by atoms with Crippen LogP contribution >= 0.6 is 23.1 Å². The van der Waals surface area contributed by atoms with Gasteiger partial charge in [-0.2, -0.15) is 4.37 Å². The van der Waals surface area contributed by atoms with E-state index in [1.54, 1.807) is 6.07 Å². The lowest BCUT2D eigenvalue weighted by Crippen LogP contribution is -2.12. The maximum atomic E-state index is 8.96. The molecule has 0 amide bonds. The van der Waals surface area contributed by atoms with Crippen LogP contribution in [0.3, 0.4) is 0 Å². The zero-order valence-corrected chi connectivity index (χ0v) is 8.85. The number of halogens is 1. The van der Waals surface area contributed by atoms with Crippen LogP contribution in [0.15, 0.2) is 18.2 Å². The van der Waals surface area contributed by atoms with Gasteiger partial charge in [-0.25, -0.2) is 0 Å². The van der Waals surface area contributed by atoms with Crippen molar-refractivity contribution < 1.29 is 5.11 Å². The average molecular weight is 229 g/mol. The Labute approximate surface area is 90.3 Å². The molecule has 1 aromatic heterocycles. The summed E-state index contributed by atoms with van der Waals surface area (Å²) in [6, 6.07) is 5.09. The summed E-state index contributed by atoms with van der Waals surface area (Å²) < 4.78 is 4.22. The quantitative estimate of drug-likeness (QED) is 0.826. The molecule has 0 saturated carbocycles. The molecular weight excluding hydrogens is 220 g/mol. The van der Waals surface area contributed by atoms with E-state index in [0.29, 0.717) is 5.02 Å². The minimum Gasteiger partial charge on any atom is -0.394 e. The van der Waals surface area contributed by atoms with E-state index in [2.05, 4.69) is 4.37 Å². The third-order valence-corrected chi connectivity index (χ3v) is 3.24. The molecule has 2 rings (SSSR count). The number of aromatic nitrogens is 1. The lowest BCUT2D eigenvalue weighted by Gasteiger charge is -2.04. The smallest absolute Gasteiger partial charge is 0.0845 e. The Morgan fingerprint density at radius 3 is 3.07 bits per heavy atom. The van der Waals surface area contributed by atoms with E-state index in [1.807, 2.05) is 12.1 Å². The van der Waals surface area contributed by atoms with Crippen molar-refractivity contribution in [2.75, 3.05) is 6.61 Å². The molecule has 0 aliphatic heterocycles. The number of rotatable bonds is 2. The Morgan fingerprint density at radius 2 is 2.36 bits per heavy atom. The van der Waals surface area contributed by atoms with Gasteiger partial charge in [0.05, 0.1) is 23.0 Å². The molecule has 0 aliphatic carbocycles. The van der Waals surface area contributed by atoms with Crippen LogP contribution in [0, 0.1) is 0 Å². The van der Waals surface area contributed by atoms with Gasteiger partial charge in [-0.05, 0) is 29.7 Å². The molecule has 74 valence electrons. The third kappa shape index (κ3) is 1.62. The first-order chi connectivity index (χ1) is 6.72. The second-order valence-corrected chi connectivity index (χ2v) is 4.24. The first kappa shape index (κ1) is 9.86. The highest BCUT2D eigenvalue weighted by Gasteiger charge is 2.12. The lowest BCUT2D eigenvalue weighted by molar-refractivity contribution is 0.270. The van der Waals surface area contributed by atoms with Crippen LogP contribution in [-0.2, 0) is 0 Å². The van der Waals surface area contributed by atoms with Crippen molar-refractivity contribution in [2.24, 2.45) is 5.73 Å². The Bertz CT molecular complexity index is 457. The number of hydrogen-bond acceptors (Lipinski definition) is 4. The second-order valence-electron chi connectivity index (χ2n) is 3.00. The van der Waals surface area contributed by atoms with E-state index in [4.69, 9.17) is 22.4 Å². The van der Waals surface area contributed by atoms with Crippen molar-refractivity contribution in [3.63, 3.8) is 0 Å². The number of fused-ring (bicyclic) bond motifs is 1. The number of aliphatic hydroxyl groups excluding tert-OH is 1. The summed E-state index contributed by atoms with van der Waals surface area (Å²) in [5, 5.41) is 10.5. The summed E-state index contributed by atoms with van der Waals surface area (Å²) in [5.74, 6) is 0. The standard InChI is InChI=1S/C9H9ClN2OS/c10-5-1-2-8-6(3-5)9(14-12-8)7(11)4-13/h1-3,7,13H,4,11H2. The molecule has 5 heteroatoms. The molecule has 1 aromatic carbocycles. The summed E-state index contributed by atoms with van der Waals surface area (Å²) in [6.07, 6.45) is 0. The molecule has 0 spiro atoms. The van der Waals surface area contributed by atoms with E-state index in [0.717, 1.165) is 15.8 Å². The highest BCUT2D eigenvalue weighted by molar-refractivity contribution is 7.07. The molecule has 2 aromatic rings. The number of nitrogens with two attached hydrogens (primary N) is 1. The molecule has 1 heterocycles. The molecule has 1 unspecified atom stereocenters. The third-order valence-electron chi connectivity index (χ3n) is 2.00. The number of hydrogen-bond donors (Lipinski definition) is 2. The van der Waals surface area contributed by atoms with Crippen molar-refractivity contribution in [3.8, 4) is 0 Å². The fourth-order valence-corrected chi connectivity index (χ4v) is 2.28. The van der Waals surface area contributed by atoms with Gasteiger partial charge < -0.3 is 10.8 Å². The Balaban J connectivity index is 2.61. The van der Waals surface area contributed by atoms with Crippen LogP contribution in [-0.4, -0.2) is 16.1 Å². The molecule has 0 aliphatic rings. The largest absolute Gasteiger partial charge is 0.394 e. The molecule has 0 bridgehead atoms. The number of benzene rings is 1. The predicted octanol–water partition coefficient (Wildman–Crippen LogP) is 1.94. The number of nitrogens with zero attached hydrogens (tertiary/aromatic N) is 1. The van der Waals surface area contributed by atoms with E-state index in [9.17, 15) is 0 Å². The topological polar surface area (TPSA) is 59.1 Å². The van der Waals surface area contributed by atoms with E-state index >= 15 is 0 Å². The van der Waals surface area contributed by atoms with Crippen molar-refractivity contribution in [1.82, 2.24) is 4.37 Å². The van der Waals surface area contributed by atoms with Crippen LogP contribution in [0.5, 0.6) is 0 Å². The molecule has 1 atom stereocenters. The summed E-state index contributed by atoms with van der Waals surface area (Å²) in [7, 11) is 0. The van der Waals surface area contributed by atoms with Crippen LogP contribution in [0.25, 0.3) is 10.9 Å². The maximum absolute atomic E-state index is 8.96. The summed E-state index contributed by atoms with van der Waals surface area (Å²) in [5.41, 5.74) is 6.61. The highest BCUT2D eigenvalue weighted by Crippen LogP contribution is 2.28. The van der Waals surface area contributed by atoms with Gasteiger partial charge >= 0.3 is 0 Å². The van der Waals surface area contributed by atoms with Crippen molar-refractivity contribution in [1.29, 1.82) is 0 Å². The summed E-state index contributed by atoms with van der Waals surface area (Å²) in [6.45, 7) is -0.0796. The maximum Gasteiger partial charge on any atom is 0.0845 e. The van der Waals surface area contributed by atoms with Crippen LogP contribution in [0.4, 0.5) is 0 Å². The summed E-state index contributed by atoms with van der Waals surface area (Å²) >= 11 is 7.18. The molecule has 3 N–H and O–H groups in total. The van der Waals surface area contributed by atoms with Gasteiger partial charge in [-0.15, -0.1) is 0 Å². The van der Waals surface area contributed by atoms with Crippen LogP contribution in [0.1, 0.15) is 10.9 Å². The molecule has 3 nitrogen and oxygen atoms in total. The minimum absolute atomic E-state index is 0.0796. The lowest BCUT2D eigenvalue weighted by atomic mass is 10.1. The fourth-order valence-electron chi connectivity index (χ4n) is 1.28. The molecule has 14 heavy (non-hydrogen) atoms. The van der Waals surface area contributed by atoms with Crippen LogP contribution < -0.4 is 5.73 Å². The van der Waals surface area contributed by atoms with Crippen molar-refractivity contribution in [2.45, 2.75) is 6.04 Å². The first-order valence-electron chi connectivity index (χ1n) is 4.13. The van der Waals surface area contributed by atoms with Crippen molar-refractivity contribution in [3.05, 3.63) is 28.1 Å². The van der Waals surface area contributed by atoms with Gasteiger partial charge in [0, 0.05) is 10.4 Å². The number of aliphatic hydroxyl groups is 1. The van der Waals surface area contributed by atoms with Gasteiger partial charge in [-0.3, -0.25) is 0 Å². The molecule has 0 fully saturated rings. The highest BCUT2D eigenvalue weighted by atomic mass is 35.5. The Kier molecular flexibility index (Phi) is 2.69. The van der Waals surface area contributed by atoms with Gasteiger partial charge in [0.1, 0.15) is 0 Å². The van der Waals surface area contributed by atoms with E-state index < -0.39 is 0 Å². The Hall–Kier alpha value is -0.680. The van der Waals surface area contributed by atoms with E-state index in [-0.39, 0.29) is 12.6 Å². The van der Waals surface area contributed by atoms with Crippen molar-refractivity contribution >= 4 is 34.0 Å². The zero-order chi connectivity index (χ0) is 10.1. The van der Waals surface area contributed by atoms with Crippen LogP contribution in [0.2, 0.25) is 5.02 Å². The minimum atomic E-state index is -0.372. The van der Waals surface area contributed by atoms with Gasteiger partial charge in [0.25, 0.3) is 0 Å². The molecule has 0 saturated heterocycles. The Morgan fingerprint density at radius 1 is 1.57 bits per heavy atom. The van der Waals surface area contributed by atoms with Gasteiger partial charge in [-0.1, -0.05) is 11.6 Å². The average Bonchev–Trinajstić information content (AvgIpc) is 2.59. The van der Waals surface area contributed by atoms with Gasteiger partial charge in [0.2, 0.25) is 0 Å². The normalized spacial score (nSPS) is 13.4. The predicted molar refractivity (Wildman–Crippen MR) is 58.6 cm³/mol. The first-order valence-corrected chi connectivity index (χ1v) is 5.29. The SMILES string of the molecule is NC(CO)c1snc2ccc(Cl)cc12. The fraction of sp³-hybridized carbons (Fsp3) is 0.222. The molecule has 0 radical (unpaired) electrons. The monoisotopic (exact) mass is 228 g/mol. The zero-order valence-electron chi connectivity index (χ0n) is 7.27.